The molecule has 8 heteroatoms. The number of hydrogen-bond acceptors (Lipinski definition) is 5. The van der Waals surface area contributed by atoms with Gasteiger partial charge in [-0.1, -0.05) is 6.07 Å². The zero-order valence-electron chi connectivity index (χ0n) is 12.7. The van der Waals surface area contributed by atoms with Gasteiger partial charge in [-0.05, 0) is 31.5 Å². The highest BCUT2D eigenvalue weighted by Crippen LogP contribution is 2.24. The molecule has 0 atom stereocenters. The van der Waals surface area contributed by atoms with Crippen molar-refractivity contribution in [3.05, 3.63) is 45.9 Å². The number of aromatic nitrogens is 1. The average Bonchev–Trinajstić information content (AvgIpc) is 3.10. The molecule has 0 spiro atoms. The maximum atomic E-state index is 12.3. The zero-order chi connectivity index (χ0) is 16.4. The van der Waals surface area contributed by atoms with Crippen molar-refractivity contribution in [1.82, 2.24) is 10.3 Å². The predicted octanol–water partition coefficient (Wildman–Crippen LogP) is 1.92. The van der Waals surface area contributed by atoms with Crippen LogP contribution in [0, 0.1) is 6.92 Å². The van der Waals surface area contributed by atoms with Crippen LogP contribution in [-0.4, -0.2) is 31.6 Å². The molecule has 6 nitrogen and oxygen atoms in total. The van der Waals surface area contributed by atoms with Crippen LogP contribution in [0.3, 0.4) is 0 Å². The number of nitrogens with one attached hydrogen (secondary N) is 1. The van der Waals surface area contributed by atoms with Gasteiger partial charge in [0.15, 0.2) is 0 Å². The highest BCUT2D eigenvalue weighted by atomic mass is 32.2. The quantitative estimate of drug-likeness (QED) is 0.913. The lowest BCUT2D eigenvalue weighted by Crippen LogP contribution is -2.26. The van der Waals surface area contributed by atoms with Gasteiger partial charge in [0, 0.05) is 23.2 Å². The number of thiazole rings is 1. The number of carbonyl (C=O) groups is 1. The van der Waals surface area contributed by atoms with Crippen LogP contribution in [0.5, 0.6) is 0 Å². The van der Waals surface area contributed by atoms with Crippen LogP contribution in [0.4, 0.5) is 5.69 Å². The fourth-order valence-electron chi connectivity index (χ4n) is 2.49. The van der Waals surface area contributed by atoms with E-state index in [1.165, 1.54) is 15.6 Å². The zero-order valence-corrected chi connectivity index (χ0v) is 14.3. The molecule has 1 saturated heterocycles. The van der Waals surface area contributed by atoms with Crippen molar-refractivity contribution in [2.75, 3.05) is 16.6 Å². The Morgan fingerprint density at radius 1 is 1.43 bits per heavy atom. The number of rotatable bonds is 4. The van der Waals surface area contributed by atoms with Gasteiger partial charge < -0.3 is 5.32 Å². The highest BCUT2D eigenvalue weighted by molar-refractivity contribution is 7.93. The van der Waals surface area contributed by atoms with Crippen molar-refractivity contribution >= 4 is 33.0 Å². The molecule has 1 aromatic carbocycles. The number of benzene rings is 1. The molecule has 1 amide bonds. The minimum atomic E-state index is -3.24. The minimum absolute atomic E-state index is 0.161. The van der Waals surface area contributed by atoms with E-state index in [2.05, 4.69) is 10.3 Å². The summed E-state index contributed by atoms with van der Waals surface area (Å²) in [6.07, 6.45) is 2.36. The summed E-state index contributed by atoms with van der Waals surface area (Å²) >= 11 is 1.53. The van der Waals surface area contributed by atoms with Gasteiger partial charge in [0.1, 0.15) is 0 Å². The van der Waals surface area contributed by atoms with E-state index in [4.69, 9.17) is 0 Å². The maximum Gasteiger partial charge on any atom is 0.251 e. The molecule has 3 rings (SSSR count). The first kappa shape index (κ1) is 15.9. The molecule has 0 bridgehead atoms. The Kier molecular flexibility index (Phi) is 4.36. The van der Waals surface area contributed by atoms with Crippen LogP contribution < -0.4 is 9.62 Å². The van der Waals surface area contributed by atoms with Crippen LogP contribution in [0.25, 0.3) is 0 Å². The Balaban J connectivity index is 1.73. The normalized spacial score (nSPS) is 16.5. The minimum Gasteiger partial charge on any atom is -0.347 e. The van der Waals surface area contributed by atoms with Crippen molar-refractivity contribution in [1.29, 1.82) is 0 Å². The summed E-state index contributed by atoms with van der Waals surface area (Å²) in [5.41, 5.74) is 0.995. The van der Waals surface area contributed by atoms with Crippen LogP contribution in [0.2, 0.25) is 0 Å². The first-order chi connectivity index (χ1) is 11.0. The number of nitrogens with zero attached hydrogens (tertiary/aromatic N) is 2. The van der Waals surface area contributed by atoms with Crippen LogP contribution >= 0.6 is 11.3 Å². The first-order valence-corrected chi connectivity index (χ1v) is 9.68. The number of amides is 1. The van der Waals surface area contributed by atoms with E-state index < -0.39 is 10.0 Å². The van der Waals surface area contributed by atoms with Gasteiger partial charge in [-0.25, -0.2) is 13.4 Å². The molecule has 1 aliphatic rings. The second-order valence-corrected chi connectivity index (χ2v) is 8.65. The maximum absolute atomic E-state index is 12.3. The molecule has 2 aromatic rings. The first-order valence-electron chi connectivity index (χ1n) is 7.26. The molecule has 0 saturated carbocycles. The molecule has 1 N–H and O–H groups in total. The second-order valence-electron chi connectivity index (χ2n) is 5.32. The Bertz CT molecular complexity index is 830. The molecule has 0 radical (unpaired) electrons. The summed E-state index contributed by atoms with van der Waals surface area (Å²) in [6, 6.07) is 6.72. The Hall–Kier alpha value is -1.93. The lowest BCUT2D eigenvalue weighted by Gasteiger charge is -2.17. The van der Waals surface area contributed by atoms with Gasteiger partial charge in [0.25, 0.3) is 5.91 Å². The standard InChI is InChI=1S/C15H17N3O3S2/c1-11-16-9-14(22-11)10-17-15(19)12-4-2-5-13(8-12)18-6-3-7-23(18,20)21/h2,4-5,8-9H,3,6-7,10H2,1H3,(H,17,19). The van der Waals surface area contributed by atoms with E-state index in [1.807, 2.05) is 6.92 Å². The molecule has 0 aliphatic carbocycles. The average molecular weight is 351 g/mol. The van der Waals surface area contributed by atoms with E-state index in [0.717, 1.165) is 9.88 Å². The summed E-state index contributed by atoms with van der Waals surface area (Å²) in [4.78, 5) is 17.4. The lowest BCUT2D eigenvalue weighted by atomic mass is 10.2. The molecular formula is C15H17N3O3S2. The van der Waals surface area contributed by atoms with E-state index in [-0.39, 0.29) is 11.7 Å². The van der Waals surface area contributed by atoms with Crippen LogP contribution in [0.1, 0.15) is 26.7 Å². The molecule has 1 aromatic heterocycles. The van der Waals surface area contributed by atoms with E-state index in [9.17, 15) is 13.2 Å². The van der Waals surface area contributed by atoms with Crippen molar-refractivity contribution in [3.63, 3.8) is 0 Å². The number of anilines is 1. The number of hydrogen-bond donors (Lipinski definition) is 1. The van der Waals surface area contributed by atoms with Crippen LogP contribution in [0.15, 0.2) is 30.5 Å². The molecule has 122 valence electrons. The fraction of sp³-hybridized carbons (Fsp3) is 0.333. The van der Waals surface area contributed by atoms with Crippen molar-refractivity contribution < 1.29 is 13.2 Å². The summed E-state index contributed by atoms with van der Waals surface area (Å²) in [6.45, 7) is 2.79. The topological polar surface area (TPSA) is 79.4 Å². The lowest BCUT2D eigenvalue weighted by molar-refractivity contribution is 0.0951. The number of aryl methyl sites for hydroxylation is 1. The fourth-order valence-corrected chi connectivity index (χ4v) is 4.78. The third-order valence-corrected chi connectivity index (χ3v) is 6.37. The molecule has 2 heterocycles. The van der Waals surface area contributed by atoms with E-state index in [1.54, 1.807) is 30.5 Å². The molecule has 1 aliphatic heterocycles. The highest BCUT2D eigenvalue weighted by Gasteiger charge is 2.28. The number of sulfonamides is 1. The van der Waals surface area contributed by atoms with E-state index in [0.29, 0.717) is 30.8 Å². The van der Waals surface area contributed by atoms with Crippen molar-refractivity contribution in [2.24, 2.45) is 0 Å². The summed E-state index contributed by atoms with van der Waals surface area (Å²) in [5.74, 6) is -0.0665. The Morgan fingerprint density at radius 2 is 2.26 bits per heavy atom. The van der Waals surface area contributed by atoms with Crippen molar-refractivity contribution in [3.8, 4) is 0 Å². The molecule has 1 fully saturated rings. The SMILES string of the molecule is Cc1ncc(CNC(=O)c2cccc(N3CCCS3(=O)=O)c2)s1. The van der Waals surface area contributed by atoms with Crippen LogP contribution in [-0.2, 0) is 16.6 Å². The van der Waals surface area contributed by atoms with Crippen molar-refractivity contribution in [2.45, 2.75) is 19.9 Å². The number of carbonyl (C=O) groups excluding carboxylic acids is 1. The predicted molar refractivity (Wildman–Crippen MR) is 90.2 cm³/mol. The van der Waals surface area contributed by atoms with Gasteiger partial charge in [0.05, 0.1) is 23.0 Å². The van der Waals surface area contributed by atoms with Gasteiger partial charge >= 0.3 is 0 Å². The second kappa shape index (κ2) is 6.29. The molecular weight excluding hydrogens is 334 g/mol. The Morgan fingerprint density at radius 3 is 2.91 bits per heavy atom. The Labute approximate surface area is 139 Å². The summed E-state index contributed by atoms with van der Waals surface area (Å²) < 4.78 is 25.3. The van der Waals surface area contributed by atoms with Gasteiger partial charge in [-0.15, -0.1) is 11.3 Å². The van der Waals surface area contributed by atoms with Gasteiger partial charge in [0.2, 0.25) is 10.0 Å². The summed E-state index contributed by atoms with van der Waals surface area (Å²) in [5, 5.41) is 3.78. The van der Waals surface area contributed by atoms with Gasteiger partial charge in [-0.2, -0.15) is 0 Å². The van der Waals surface area contributed by atoms with Gasteiger partial charge in [-0.3, -0.25) is 9.10 Å². The third-order valence-electron chi connectivity index (χ3n) is 3.59. The third kappa shape index (κ3) is 3.53. The van der Waals surface area contributed by atoms with E-state index >= 15 is 0 Å². The smallest absolute Gasteiger partial charge is 0.251 e. The largest absolute Gasteiger partial charge is 0.347 e. The molecule has 0 unspecified atom stereocenters. The molecule has 23 heavy (non-hydrogen) atoms. The summed E-state index contributed by atoms with van der Waals surface area (Å²) in [7, 11) is -3.24. The monoisotopic (exact) mass is 351 g/mol.